The van der Waals surface area contributed by atoms with Gasteiger partial charge in [0.25, 0.3) is 0 Å². The summed E-state index contributed by atoms with van der Waals surface area (Å²) in [4.78, 5) is 0. The summed E-state index contributed by atoms with van der Waals surface area (Å²) < 4.78 is 0.993. The Hall–Kier alpha value is -2.68. The van der Waals surface area contributed by atoms with Crippen LogP contribution in [0.2, 0.25) is 0 Å². The van der Waals surface area contributed by atoms with Gasteiger partial charge in [-0.15, -0.1) is 0 Å². The fraction of sp³-hybridized carbons (Fsp3) is 0.368. The average molecular weight is 594 g/mol. The van der Waals surface area contributed by atoms with Gasteiger partial charge in [0.2, 0.25) is 0 Å². The van der Waals surface area contributed by atoms with E-state index in [9.17, 15) is 5.11 Å². The molecule has 6 rings (SSSR count). The van der Waals surface area contributed by atoms with Crippen LogP contribution in [0.4, 0.5) is 0 Å². The maximum Gasteiger partial charge on any atom is 0.141 e. The van der Waals surface area contributed by atoms with Crippen molar-refractivity contribution in [3.8, 4) is 22.3 Å². The Morgan fingerprint density at radius 3 is 1.77 bits per heavy atom. The Kier molecular flexibility index (Phi) is 7.77. The second-order valence-electron chi connectivity index (χ2n) is 12.0. The molecule has 0 aromatic heterocycles. The molecule has 1 atom stereocenters. The van der Waals surface area contributed by atoms with Crippen molar-refractivity contribution < 1.29 is 5.11 Å². The molecule has 0 saturated heterocycles. The van der Waals surface area contributed by atoms with Crippen molar-refractivity contribution in [2.24, 2.45) is 0 Å². The van der Waals surface area contributed by atoms with Crippen molar-refractivity contribution in [2.75, 3.05) is 0 Å². The van der Waals surface area contributed by atoms with Gasteiger partial charge in [-0.25, -0.2) is 0 Å². The molecule has 0 fully saturated rings. The number of fused-ring (bicyclic) bond motifs is 6. The maximum absolute atomic E-state index is 12.8. The highest BCUT2D eigenvalue weighted by atomic mass is 79.9. The topological polar surface area (TPSA) is 20.2 Å². The molecule has 0 saturated carbocycles. The summed E-state index contributed by atoms with van der Waals surface area (Å²) in [5.74, 6) is 0. The van der Waals surface area contributed by atoms with Crippen LogP contribution < -0.4 is 0 Å². The molecule has 0 aliphatic heterocycles. The minimum atomic E-state index is -1.18. The molecule has 1 nitrogen and oxygen atoms in total. The van der Waals surface area contributed by atoms with Crippen LogP contribution in [0.1, 0.15) is 106 Å². The predicted octanol–water partition coefficient (Wildman–Crippen LogP) is 10.9. The highest BCUT2D eigenvalue weighted by Crippen LogP contribution is 2.57. The summed E-state index contributed by atoms with van der Waals surface area (Å²) in [6, 6.07) is 30.7. The number of unbranched alkanes of at least 4 members (excludes halogenated alkanes) is 6. The minimum absolute atomic E-state index is 0.00198. The highest BCUT2D eigenvalue weighted by Gasteiger charge is 2.46. The summed E-state index contributed by atoms with van der Waals surface area (Å²) >= 11 is 3.69. The van der Waals surface area contributed by atoms with Gasteiger partial charge in [-0.2, -0.15) is 0 Å². The van der Waals surface area contributed by atoms with Crippen molar-refractivity contribution in [3.63, 3.8) is 0 Å². The minimum Gasteiger partial charge on any atom is -0.376 e. The Balaban J connectivity index is 1.52. The van der Waals surface area contributed by atoms with Crippen LogP contribution in [0.5, 0.6) is 0 Å². The quantitative estimate of drug-likeness (QED) is 0.172. The second kappa shape index (κ2) is 11.3. The van der Waals surface area contributed by atoms with Crippen LogP contribution in [0, 0.1) is 0 Å². The van der Waals surface area contributed by atoms with E-state index in [0.29, 0.717) is 0 Å². The molecule has 0 bridgehead atoms. The van der Waals surface area contributed by atoms with Crippen molar-refractivity contribution >= 4 is 15.9 Å². The first-order chi connectivity index (χ1) is 19.5. The van der Waals surface area contributed by atoms with Crippen molar-refractivity contribution in [1.29, 1.82) is 0 Å². The normalized spacial score (nSPS) is 17.8. The van der Waals surface area contributed by atoms with Crippen molar-refractivity contribution in [1.82, 2.24) is 0 Å². The highest BCUT2D eigenvalue weighted by molar-refractivity contribution is 9.10. The number of rotatable bonds is 11. The van der Waals surface area contributed by atoms with Gasteiger partial charge in [0.15, 0.2) is 0 Å². The van der Waals surface area contributed by atoms with E-state index in [4.69, 9.17) is 0 Å². The van der Waals surface area contributed by atoms with E-state index in [1.165, 1.54) is 86.5 Å². The number of aliphatic hydroxyl groups is 1. The van der Waals surface area contributed by atoms with E-state index in [-0.39, 0.29) is 5.41 Å². The lowest BCUT2D eigenvalue weighted by molar-refractivity contribution is 0.130. The molecule has 1 N–H and O–H groups in total. The van der Waals surface area contributed by atoms with Crippen LogP contribution >= 0.6 is 15.9 Å². The molecule has 40 heavy (non-hydrogen) atoms. The second-order valence-corrected chi connectivity index (χ2v) is 12.9. The molecule has 4 aromatic carbocycles. The molecule has 2 aliphatic carbocycles. The Labute approximate surface area is 248 Å². The molecule has 2 aliphatic rings. The molecule has 0 heterocycles. The third-order valence-electron chi connectivity index (χ3n) is 9.58. The standard InChI is InChI=1S/C38H41BrO/c1-3-5-7-13-23-37(24-14-8-6-4-2)33-17-11-9-15-29(33)31-21-19-27(25-35(31)37)38(40)34-18-12-10-16-30(34)32-22-20-28(39)26-36(32)38/h9-12,15-22,25-26,40H,3-8,13-14,23-24H2,1-2H3. The summed E-state index contributed by atoms with van der Waals surface area (Å²) in [6.45, 7) is 4.59. The van der Waals surface area contributed by atoms with E-state index < -0.39 is 5.60 Å². The zero-order valence-corrected chi connectivity index (χ0v) is 25.6. The predicted molar refractivity (Wildman–Crippen MR) is 172 cm³/mol. The Morgan fingerprint density at radius 2 is 1.10 bits per heavy atom. The van der Waals surface area contributed by atoms with Crippen molar-refractivity contribution in [3.05, 3.63) is 117 Å². The van der Waals surface area contributed by atoms with E-state index >= 15 is 0 Å². The summed E-state index contributed by atoms with van der Waals surface area (Å²) in [6.07, 6.45) is 12.5. The van der Waals surface area contributed by atoms with Gasteiger partial charge in [-0.05, 0) is 63.9 Å². The first-order valence-corrected chi connectivity index (χ1v) is 16.2. The van der Waals surface area contributed by atoms with Crippen LogP contribution in [0.15, 0.2) is 89.4 Å². The number of hydrogen-bond donors (Lipinski definition) is 1. The lowest BCUT2D eigenvalue weighted by atomic mass is 9.69. The first kappa shape index (κ1) is 27.5. The number of halogens is 1. The zero-order chi connectivity index (χ0) is 27.7. The fourth-order valence-electron chi connectivity index (χ4n) is 7.59. The summed E-state index contributed by atoms with van der Waals surface area (Å²) in [7, 11) is 0. The average Bonchev–Trinajstić information content (AvgIpc) is 3.40. The third-order valence-corrected chi connectivity index (χ3v) is 10.1. The molecule has 206 valence electrons. The van der Waals surface area contributed by atoms with Gasteiger partial charge < -0.3 is 5.11 Å². The molecular formula is C38H41BrO. The van der Waals surface area contributed by atoms with Gasteiger partial charge in [0.1, 0.15) is 5.60 Å². The zero-order valence-electron chi connectivity index (χ0n) is 24.0. The molecule has 1 unspecified atom stereocenters. The molecule has 0 amide bonds. The summed E-state index contributed by atoms with van der Waals surface area (Å²) in [5, 5.41) is 12.8. The SMILES string of the molecule is CCCCCCC1(CCCCCC)c2ccccc2-c2ccc(C3(O)c4ccccc4-c4ccc(Br)cc43)cc21. The smallest absolute Gasteiger partial charge is 0.141 e. The van der Waals surface area contributed by atoms with Gasteiger partial charge >= 0.3 is 0 Å². The van der Waals surface area contributed by atoms with E-state index in [1.807, 2.05) is 0 Å². The third kappa shape index (κ3) is 4.39. The lowest BCUT2D eigenvalue weighted by Gasteiger charge is -2.34. The molecule has 4 aromatic rings. The van der Waals surface area contributed by atoms with Crippen LogP contribution in [-0.4, -0.2) is 5.11 Å². The monoisotopic (exact) mass is 592 g/mol. The molecule has 0 radical (unpaired) electrons. The van der Waals surface area contributed by atoms with Gasteiger partial charge in [0.05, 0.1) is 0 Å². The number of hydrogen-bond acceptors (Lipinski definition) is 1. The largest absolute Gasteiger partial charge is 0.376 e. The summed E-state index contributed by atoms with van der Waals surface area (Å²) in [5.41, 5.74) is 9.66. The van der Waals surface area contributed by atoms with Crippen LogP contribution in [0.3, 0.4) is 0 Å². The van der Waals surface area contributed by atoms with Gasteiger partial charge in [-0.3, -0.25) is 0 Å². The van der Waals surface area contributed by atoms with Crippen LogP contribution in [0.25, 0.3) is 22.3 Å². The van der Waals surface area contributed by atoms with E-state index in [2.05, 4.69) is 115 Å². The van der Waals surface area contributed by atoms with Crippen LogP contribution in [-0.2, 0) is 11.0 Å². The van der Waals surface area contributed by atoms with Gasteiger partial charge in [-0.1, -0.05) is 154 Å². The van der Waals surface area contributed by atoms with Crippen molar-refractivity contribution in [2.45, 2.75) is 89.1 Å². The molecule has 0 spiro atoms. The fourth-order valence-corrected chi connectivity index (χ4v) is 7.95. The van der Waals surface area contributed by atoms with E-state index in [0.717, 1.165) is 32.3 Å². The lowest BCUT2D eigenvalue weighted by Crippen LogP contribution is -2.29. The molecular weight excluding hydrogens is 552 g/mol. The Bertz CT molecular complexity index is 1510. The first-order valence-electron chi connectivity index (χ1n) is 15.4. The Morgan fingerprint density at radius 1 is 0.550 bits per heavy atom. The van der Waals surface area contributed by atoms with E-state index in [1.54, 1.807) is 0 Å². The maximum atomic E-state index is 12.8. The molecule has 2 heteroatoms. The van der Waals surface area contributed by atoms with Gasteiger partial charge in [0, 0.05) is 21.0 Å². The number of benzene rings is 4.